The maximum Gasteiger partial charge on any atom is 0.737 e. The zero-order valence-electron chi connectivity index (χ0n) is 9.70. The first kappa shape index (κ1) is 10.9. The van der Waals surface area contributed by atoms with Crippen molar-refractivity contribution in [3.63, 3.8) is 0 Å². The molecule has 94 valence electrons. The van der Waals surface area contributed by atoms with Crippen LogP contribution in [0.25, 0.3) is 5.57 Å². The van der Waals surface area contributed by atoms with Crippen LogP contribution in [0.3, 0.4) is 0 Å². The van der Waals surface area contributed by atoms with Gasteiger partial charge in [-0.2, -0.15) is 0 Å². The Bertz CT molecular complexity index is 756. The first-order chi connectivity index (χ1) is 9.19. The molecule has 4 rings (SSSR count). The Hall–Kier alpha value is -2.02. The Morgan fingerprint density at radius 3 is 3.05 bits per heavy atom. The smallest absolute Gasteiger partial charge is 0.396 e. The summed E-state index contributed by atoms with van der Waals surface area (Å²) in [4.78, 5) is 4.94. The van der Waals surface area contributed by atoms with Gasteiger partial charge in [0.2, 0.25) is 0 Å². The predicted octanol–water partition coefficient (Wildman–Crippen LogP) is 2.59. The largest absolute Gasteiger partial charge is 0.737 e. The van der Waals surface area contributed by atoms with Gasteiger partial charge in [0, 0.05) is 24.0 Å². The van der Waals surface area contributed by atoms with Crippen molar-refractivity contribution in [2.75, 3.05) is 0 Å². The van der Waals surface area contributed by atoms with Gasteiger partial charge in [0.25, 0.3) is 0 Å². The van der Waals surface area contributed by atoms with E-state index < -0.39 is 6.97 Å². The number of rotatable bonds is 1. The van der Waals surface area contributed by atoms with Gasteiger partial charge in [-0.1, -0.05) is 0 Å². The van der Waals surface area contributed by atoms with Crippen LogP contribution in [0.4, 0.5) is 8.63 Å². The minimum Gasteiger partial charge on any atom is -0.396 e. The van der Waals surface area contributed by atoms with E-state index in [4.69, 9.17) is 0 Å². The second-order valence-corrected chi connectivity index (χ2v) is 5.32. The zero-order valence-corrected chi connectivity index (χ0v) is 10.5. The van der Waals surface area contributed by atoms with Crippen LogP contribution >= 0.6 is 11.3 Å². The van der Waals surface area contributed by atoms with Gasteiger partial charge in [-0.05, 0) is 18.3 Å². The average Bonchev–Trinajstić information content (AvgIpc) is 3.11. The molecule has 0 saturated heterocycles. The summed E-state index contributed by atoms with van der Waals surface area (Å²) in [5, 5.41) is 0. The third-order valence-electron chi connectivity index (χ3n) is 3.42. The van der Waals surface area contributed by atoms with Crippen molar-refractivity contribution < 1.29 is 13.1 Å². The van der Waals surface area contributed by atoms with Crippen LogP contribution in [0.1, 0.15) is 10.6 Å². The van der Waals surface area contributed by atoms with E-state index in [9.17, 15) is 8.63 Å². The van der Waals surface area contributed by atoms with E-state index in [1.807, 2.05) is 0 Å². The Morgan fingerprint density at radius 2 is 2.26 bits per heavy atom. The molecule has 0 aliphatic carbocycles. The van der Waals surface area contributed by atoms with Crippen LogP contribution in [0, 0.1) is 0 Å². The number of nitrogens with zero attached hydrogens (tertiary/aromatic N) is 3. The van der Waals surface area contributed by atoms with Crippen LogP contribution in [0.15, 0.2) is 47.9 Å². The molecule has 7 heteroatoms. The van der Waals surface area contributed by atoms with Crippen LogP contribution in [-0.2, 0) is 0 Å². The molecule has 0 radical (unpaired) electrons. The normalized spacial score (nSPS) is 19.4. The van der Waals surface area contributed by atoms with E-state index >= 15 is 0 Å². The van der Waals surface area contributed by atoms with Crippen LogP contribution < -0.4 is 0 Å². The van der Waals surface area contributed by atoms with E-state index in [1.54, 1.807) is 36.0 Å². The average molecular weight is 275 g/mol. The molecule has 4 heterocycles. The van der Waals surface area contributed by atoms with Crippen molar-refractivity contribution in [1.82, 2.24) is 9.46 Å². The highest BCUT2D eigenvalue weighted by Gasteiger charge is 2.51. The fraction of sp³-hybridized carbons (Fsp3) is 0. The molecule has 2 aromatic heterocycles. The van der Waals surface area contributed by atoms with Crippen molar-refractivity contribution >= 4 is 30.1 Å². The minimum absolute atomic E-state index is 0.542. The molecule has 0 aromatic carbocycles. The summed E-state index contributed by atoms with van der Waals surface area (Å²) in [6.45, 7) is -3.80. The van der Waals surface area contributed by atoms with Gasteiger partial charge in [-0.15, -0.1) is 11.3 Å². The van der Waals surface area contributed by atoms with Gasteiger partial charge in [-0.25, -0.2) is 0 Å². The van der Waals surface area contributed by atoms with Crippen LogP contribution in [0.5, 0.6) is 0 Å². The Morgan fingerprint density at radius 1 is 1.37 bits per heavy atom. The van der Waals surface area contributed by atoms with Gasteiger partial charge in [0.1, 0.15) is 6.21 Å². The Kier molecular flexibility index (Phi) is 2.01. The van der Waals surface area contributed by atoms with Crippen LogP contribution in [0.2, 0.25) is 0 Å². The van der Waals surface area contributed by atoms with Crippen molar-refractivity contribution in [1.29, 1.82) is 0 Å². The number of hydrogen-bond acceptors (Lipinski definition) is 2. The zero-order chi connectivity index (χ0) is 13.0. The molecule has 0 bridgehead atoms. The SMILES string of the molecule is F[B-]1(F)n2cccc2C(c2cncs2)=C2C=CC=[N+]21. The lowest BCUT2D eigenvalue weighted by atomic mass is 9.88. The molecule has 0 atom stereocenters. The molecule has 0 saturated carbocycles. The molecule has 2 aliphatic rings. The van der Waals surface area contributed by atoms with Crippen molar-refractivity contribution in [3.8, 4) is 0 Å². The minimum atomic E-state index is -3.80. The summed E-state index contributed by atoms with van der Waals surface area (Å²) in [5.41, 5.74) is 3.60. The Balaban J connectivity index is 2.09. The highest BCUT2D eigenvalue weighted by molar-refractivity contribution is 7.10. The topological polar surface area (TPSA) is 20.8 Å². The van der Waals surface area contributed by atoms with E-state index in [0.29, 0.717) is 11.4 Å². The maximum absolute atomic E-state index is 14.4. The third kappa shape index (κ3) is 1.30. The number of fused-ring (bicyclic) bond motifs is 2. The molecule has 0 unspecified atom stereocenters. The van der Waals surface area contributed by atoms with Crippen molar-refractivity contribution in [3.05, 3.63) is 58.5 Å². The van der Waals surface area contributed by atoms with E-state index in [-0.39, 0.29) is 0 Å². The van der Waals surface area contributed by atoms with E-state index in [0.717, 1.165) is 19.4 Å². The molecule has 0 spiro atoms. The lowest BCUT2D eigenvalue weighted by molar-refractivity contribution is -0.356. The second kappa shape index (κ2) is 3.51. The summed E-state index contributed by atoms with van der Waals surface area (Å²) in [7, 11) is 0. The summed E-state index contributed by atoms with van der Waals surface area (Å²) < 4.78 is 31.0. The highest BCUT2D eigenvalue weighted by atomic mass is 32.1. The molecular formula is C12H8BF2N3S. The van der Waals surface area contributed by atoms with Gasteiger partial charge >= 0.3 is 6.97 Å². The summed E-state index contributed by atoms with van der Waals surface area (Å²) in [5.74, 6) is 0. The number of halogens is 2. The lowest BCUT2D eigenvalue weighted by Crippen LogP contribution is -2.49. The van der Waals surface area contributed by atoms with Gasteiger partial charge in [-0.3, -0.25) is 4.98 Å². The molecule has 2 aliphatic heterocycles. The fourth-order valence-electron chi connectivity index (χ4n) is 2.61. The molecular weight excluding hydrogens is 267 g/mol. The first-order valence-electron chi connectivity index (χ1n) is 5.82. The van der Waals surface area contributed by atoms with Gasteiger partial charge in [0.15, 0.2) is 5.70 Å². The summed E-state index contributed by atoms with van der Waals surface area (Å²) >= 11 is 1.45. The number of thiazole rings is 1. The summed E-state index contributed by atoms with van der Waals surface area (Å²) in [6, 6.07) is 3.37. The quantitative estimate of drug-likeness (QED) is 0.733. The monoisotopic (exact) mass is 275 g/mol. The number of allylic oxidation sites excluding steroid dienone is 2. The third-order valence-corrected chi connectivity index (χ3v) is 4.21. The van der Waals surface area contributed by atoms with Crippen LogP contribution in [-0.4, -0.2) is 27.1 Å². The number of hydrogen-bond donors (Lipinski definition) is 0. The summed E-state index contributed by atoms with van der Waals surface area (Å²) in [6.07, 6.45) is 7.95. The van der Waals surface area contributed by atoms with E-state index in [2.05, 4.69) is 4.98 Å². The standard InChI is InChI=1S/C12H8BF2N3S/c14-13(15)17-5-1-3-9(17)12(11-7-16-8-19-11)10-4-2-6-18(10)13/h1-8H. The van der Waals surface area contributed by atoms with Gasteiger partial charge < -0.3 is 17.6 Å². The highest BCUT2D eigenvalue weighted by Crippen LogP contribution is 2.39. The van der Waals surface area contributed by atoms with Crippen molar-refractivity contribution in [2.24, 2.45) is 0 Å². The predicted molar refractivity (Wildman–Crippen MR) is 71.4 cm³/mol. The molecule has 0 N–H and O–H groups in total. The number of aromatic nitrogens is 2. The van der Waals surface area contributed by atoms with Crippen molar-refractivity contribution in [2.45, 2.75) is 0 Å². The molecule has 2 aromatic rings. The molecule has 0 fully saturated rings. The molecule has 0 amide bonds. The maximum atomic E-state index is 14.4. The second-order valence-electron chi connectivity index (χ2n) is 4.43. The molecule has 3 nitrogen and oxygen atoms in total. The van der Waals surface area contributed by atoms with Gasteiger partial charge in [0.05, 0.1) is 16.0 Å². The lowest BCUT2D eigenvalue weighted by Gasteiger charge is -2.30. The molecule has 19 heavy (non-hydrogen) atoms. The first-order valence-corrected chi connectivity index (χ1v) is 6.70. The fourth-order valence-corrected chi connectivity index (χ4v) is 3.29. The Labute approximate surface area is 111 Å². The van der Waals surface area contributed by atoms with E-state index in [1.165, 1.54) is 23.7 Å².